The molecular formula is C28H33N3O3S. The van der Waals surface area contributed by atoms with E-state index in [2.05, 4.69) is 24.0 Å². The first-order valence-electron chi connectivity index (χ1n) is 12.4. The second kappa shape index (κ2) is 11.2. The second-order valence-electron chi connectivity index (χ2n) is 9.46. The van der Waals surface area contributed by atoms with Crippen molar-refractivity contribution >= 4 is 17.3 Å². The zero-order chi connectivity index (χ0) is 24.9. The van der Waals surface area contributed by atoms with Gasteiger partial charge in [0.25, 0.3) is 0 Å². The predicted octanol–water partition coefficient (Wildman–Crippen LogP) is 6.16. The number of hydrogen-bond donors (Lipinski definition) is 1. The smallest absolute Gasteiger partial charge is 0.303 e. The molecule has 1 N–H and O–H groups in total. The number of carboxylic acids is 1. The maximum absolute atomic E-state index is 10.8. The average molecular weight is 492 g/mol. The summed E-state index contributed by atoms with van der Waals surface area (Å²) >= 11 is 1.71. The predicted molar refractivity (Wildman–Crippen MR) is 139 cm³/mol. The molecule has 1 atom stereocenters. The van der Waals surface area contributed by atoms with Crippen LogP contribution in [0.2, 0.25) is 0 Å². The lowest BCUT2D eigenvalue weighted by atomic mass is 9.78. The molecule has 2 aromatic rings. The standard InChI is InChI=1S/C28H33N3O3S/c1-4-22-23-11-13-31(12-5-6-27(32)33)17-20(23)7-9-24(22)26-16-30-28(35-26)19-8-10-25(34-18(2)3)21(14-19)15-29/h7-8,10,14,16,18,24H,4-6,9,11-13,17H2,1-3H3,(H,32,33). The van der Waals surface area contributed by atoms with Crippen molar-refractivity contribution in [3.05, 3.63) is 57.6 Å². The molecule has 184 valence electrons. The number of aliphatic carboxylic acids is 1. The van der Waals surface area contributed by atoms with Crippen LogP contribution in [-0.2, 0) is 4.79 Å². The van der Waals surface area contributed by atoms with Crippen molar-refractivity contribution < 1.29 is 14.6 Å². The normalized spacial score (nSPS) is 18.3. The minimum absolute atomic E-state index is 0.0146. The molecule has 0 saturated carbocycles. The molecule has 35 heavy (non-hydrogen) atoms. The third-order valence-corrected chi connectivity index (χ3v) is 7.85. The highest BCUT2D eigenvalue weighted by atomic mass is 32.1. The highest BCUT2D eigenvalue weighted by molar-refractivity contribution is 7.15. The molecule has 2 aliphatic rings. The Morgan fingerprint density at radius 1 is 1.40 bits per heavy atom. The fourth-order valence-corrected chi connectivity index (χ4v) is 6.15. The highest BCUT2D eigenvalue weighted by Gasteiger charge is 2.29. The number of hydrogen-bond acceptors (Lipinski definition) is 6. The number of likely N-dealkylation sites (tertiary alicyclic amines) is 1. The SMILES string of the molecule is CCC1=C2CCN(CCCC(=O)O)CC2=CCC1c1cnc(-c2ccc(OC(C)C)c(C#N)c2)s1. The Hall–Kier alpha value is -2.95. The number of rotatable bonds is 9. The van der Waals surface area contributed by atoms with Crippen molar-refractivity contribution in [1.29, 1.82) is 5.26 Å². The van der Waals surface area contributed by atoms with E-state index in [0.29, 0.717) is 23.7 Å². The topological polar surface area (TPSA) is 86.5 Å². The van der Waals surface area contributed by atoms with E-state index >= 15 is 0 Å². The first-order chi connectivity index (χ1) is 16.9. The van der Waals surface area contributed by atoms with Crippen LogP contribution in [0.25, 0.3) is 10.6 Å². The minimum atomic E-state index is -0.719. The Morgan fingerprint density at radius 3 is 2.94 bits per heavy atom. The third-order valence-electron chi connectivity index (χ3n) is 6.69. The molecule has 0 spiro atoms. The number of carboxylic acid groups (broad SMARTS) is 1. The van der Waals surface area contributed by atoms with Gasteiger partial charge in [0, 0.05) is 42.1 Å². The van der Waals surface area contributed by atoms with Crippen LogP contribution < -0.4 is 4.74 Å². The van der Waals surface area contributed by atoms with E-state index in [1.165, 1.54) is 21.6 Å². The van der Waals surface area contributed by atoms with Crippen molar-refractivity contribution in [1.82, 2.24) is 9.88 Å². The van der Waals surface area contributed by atoms with Crippen LogP contribution in [0.15, 0.2) is 47.2 Å². The molecule has 1 aromatic heterocycles. The third kappa shape index (κ3) is 5.83. The van der Waals surface area contributed by atoms with Crippen molar-refractivity contribution in [2.45, 2.75) is 64.9 Å². The van der Waals surface area contributed by atoms with Gasteiger partial charge < -0.3 is 9.84 Å². The van der Waals surface area contributed by atoms with E-state index in [-0.39, 0.29) is 12.5 Å². The van der Waals surface area contributed by atoms with Gasteiger partial charge in [0.15, 0.2) is 0 Å². The number of nitrogens with zero attached hydrogens (tertiary/aromatic N) is 3. The van der Waals surface area contributed by atoms with Crippen molar-refractivity contribution in [3.8, 4) is 22.4 Å². The molecule has 1 aliphatic carbocycles. The highest BCUT2D eigenvalue weighted by Crippen LogP contribution is 2.44. The van der Waals surface area contributed by atoms with Gasteiger partial charge in [0.1, 0.15) is 16.8 Å². The van der Waals surface area contributed by atoms with E-state index in [1.807, 2.05) is 38.2 Å². The summed E-state index contributed by atoms with van der Waals surface area (Å²) in [4.78, 5) is 19.2. The molecule has 1 fully saturated rings. The lowest BCUT2D eigenvalue weighted by Gasteiger charge is -2.36. The molecule has 1 unspecified atom stereocenters. The summed E-state index contributed by atoms with van der Waals surface area (Å²) in [5.74, 6) is 0.242. The first-order valence-corrected chi connectivity index (χ1v) is 13.2. The number of thiazole rings is 1. The number of fused-ring (bicyclic) bond motifs is 1. The van der Waals surface area contributed by atoms with Gasteiger partial charge in [0.05, 0.1) is 11.7 Å². The van der Waals surface area contributed by atoms with Crippen LogP contribution in [0, 0.1) is 11.3 Å². The largest absolute Gasteiger partial charge is 0.490 e. The van der Waals surface area contributed by atoms with Crippen LogP contribution in [0.5, 0.6) is 5.75 Å². The summed E-state index contributed by atoms with van der Waals surface area (Å²) in [5, 5.41) is 19.4. The first kappa shape index (κ1) is 25.2. The molecule has 1 aromatic carbocycles. The van der Waals surface area contributed by atoms with Gasteiger partial charge in [-0.25, -0.2) is 4.98 Å². The molecule has 7 heteroatoms. The summed E-state index contributed by atoms with van der Waals surface area (Å²) in [6.45, 7) is 8.89. The maximum Gasteiger partial charge on any atom is 0.303 e. The number of allylic oxidation sites excluding steroid dienone is 2. The molecule has 2 heterocycles. The fourth-order valence-electron chi connectivity index (χ4n) is 5.09. The van der Waals surface area contributed by atoms with Crippen molar-refractivity contribution in [2.24, 2.45) is 0 Å². The number of piperidine rings is 1. The molecule has 6 nitrogen and oxygen atoms in total. The van der Waals surface area contributed by atoms with Crippen LogP contribution >= 0.6 is 11.3 Å². The Balaban J connectivity index is 1.51. The van der Waals surface area contributed by atoms with Crippen molar-refractivity contribution in [3.63, 3.8) is 0 Å². The lowest BCUT2D eigenvalue weighted by Crippen LogP contribution is -2.35. The van der Waals surface area contributed by atoms with Gasteiger partial charge in [-0.3, -0.25) is 9.69 Å². The van der Waals surface area contributed by atoms with Crippen LogP contribution in [0.1, 0.15) is 69.2 Å². The van der Waals surface area contributed by atoms with E-state index in [9.17, 15) is 10.1 Å². The van der Waals surface area contributed by atoms with Gasteiger partial charge in [-0.05, 0) is 75.4 Å². The minimum Gasteiger partial charge on any atom is -0.490 e. The van der Waals surface area contributed by atoms with E-state index in [0.717, 1.165) is 49.5 Å². The molecular weight excluding hydrogens is 458 g/mol. The summed E-state index contributed by atoms with van der Waals surface area (Å²) in [5.41, 5.74) is 5.91. The van der Waals surface area contributed by atoms with Crippen LogP contribution in [0.4, 0.5) is 0 Å². The maximum atomic E-state index is 10.8. The molecule has 0 radical (unpaired) electrons. The van der Waals surface area contributed by atoms with Gasteiger partial charge in [-0.15, -0.1) is 11.3 Å². The Labute approximate surface area is 211 Å². The quantitative estimate of drug-likeness (QED) is 0.452. The molecule has 1 aliphatic heterocycles. The molecule has 0 amide bonds. The number of ether oxygens (including phenoxy) is 1. The Bertz CT molecular complexity index is 1190. The van der Waals surface area contributed by atoms with Gasteiger partial charge in [-0.1, -0.05) is 18.6 Å². The second-order valence-corrected chi connectivity index (χ2v) is 10.5. The fraction of sp³-hybridized carbons (Fsp3) is 0.464. The number of nitriles is 1. The molecule has 4 rings (SSSR count). The monoisotopic (exact) mass is 491 g/mol. The van der Waals surface area contributed by atoms with Crippen molar-refractivity contribution in [2.75, 3.05) is 19.6 Å². The lowest BCUT2D eigenvalue weighted by molar-refractivity contribution is -0.137. The summed E-state index contributed by atoms with van der Waals surface area (Å²) in [6.07, 6.45) is 8.34. The number of aromatic nitrogens is 1. The number of carbonyl (C=O) groups is 1. The van der Waals surface area contributed by atoms with Gasteiger partial charge in [0.2, 0.25) is 0 Å². The Morgan fingerprint density at radius 2 is 2.23 bits per heavy atom. The van der Waals surface area contributed by atoms with E-state index in [4.69, 9.17) is 14.8 Å². The van der Waals surface area contributed by atoms with Gasteiger partial charge in [-0.2, -0.15) is 5.26 Å². The molecule has 1 saturated heterocycles. The zero-order valence-corrected chi connectivity index (χ0v) is 21.5. The average Bonchev–Trinajstić information content (AvgIpc) is 3.33. The van der Waals surface area contributed by atoms with E-state index in [1.54, 1.807) is 11.3 Å². The summed E-state index contributed by atoms with van der Waals surface area (Å²) in [6, 6.07) is 7.98. The zero-order valence-electron chi connectivity index (χ0n) is 20.7. The summed E-state index contributed by atoms with van der Waals surface area (Å²) in [7, 11) is 0. The Kier molecular flexibility index (Phi) is 8.04. The molecule has 0 bridgehead atoms. The number of benzene rings is 1. The van der Waals surface area contributed by atoms with E-state index < -0.39 is 5.97 Å². The summed E-state index contributed by atoms with van der Waals surface area (Å²) < 4.78 is 5.76. The van der Waals surface area contributed by atoms with Crippen LogP contribution in [0.3, 0.4) is 0 Å². The van der Waals surface area contributed by atoms with Crippen LogP contribution in [-0.4, -0.2) is 46.7 Å². The van der Waals surface area contributed by atoms with Gasteiger partial charge >= 0.3 is 5.97 Å².